The molecule has 0 atom stereocenters. The average Bonchev–Trinajstić information content (AvgIpc) is 2.80. The van der Waals surface area contributed by atoms with Crippen molar-refractivity contribution in [2.75, 3.05) is 12.3 Å². The van der Waals surface area contributed by atoms with Crippen molar-refractivity contribution in [3.8, 4) is 0 Å². The molecule has 0 radical (unpaired) electrons. The summed E-state index contributed by atoms with van der Waals surface area (Å²) in [5, 5.41) is 0. The standard InChI is InChI=1S/C14H17BrN2O2S2/c1-9-3-5-12(16)10(2)14(9)21(18,19)17-8-7-11-4-6-13(15)20-11/h3-6,17H,7-8,16H2,1-2H3. The molecule has 21 heavy (non-hydrogen) atoms. The molecule has 0 spiro atoms. The van der Waals surface area contributed by atoms with Gasteiger partial charge in [0, 0.05) is 17.1 Å². The van der Waals surface area contributed by atoms with Crippen molar-refractivity contribution in [2.24, 2.45) is 0 Å². The van der Waals surface area contributed by atoms with Crippen LogP contribution in [0.1, 0.15) is 16.0 Å². The van der Waals surface area contributed by atoms with Gasteiger partial charge in [0.05, 0.1) is 8.68 Å². The molecule has 0 fully saturated rings. The second kappa shape index (κ2) is 6.48. The number of halogens is 1. The van der Waals surface area contributed by atoms with Crippen LogP contribution in [-0.2, 0) is 16.4 Å². The summed E-state index contributed by atoms with van der Waals surface area (Å²) in [6, 6.07) is 7.40. The zero-order valence-electron chi connectivity index (χ0n) is 11.8. The highest BCUT2D eigenvalue weighted by atomic mass is 79.9. The van der Waals surface area contributed by atoms with Gasteiger partial charge in [0.25, 0.3) is 0 Å². The summed E-state index contributed by atoms with van der Waals surface area (Å²) in [4.78, 5) is 1.42. The van der Waals surface area contributed by atoms with Crippen LogP contribution in [0.4, 0.5) is 5.69 Å². The van der Waals surface area contributed by atoms with Crippen molar-refractivity contribution in [1.29, 1.82) is 0 Å². The van der Waals surface area contributed by atoms with Gasteiger partial charge in [-0.3, -0.25) is 0 Å². The van der Waals surface area contributed by atoms with Crippen molar-refractivity contribution in [3.63, 3.8) is 0 Å². The van der Waals surface area contributed by atoms with Gasteiger partial charge in [-0.2, -0.15) is 0 Å². The summed E-state index contributed by atoms with van der Waals surface area (Å²) >= 11 is 5.00. The van der Waals surface area contributed by atoms with Crippen LogP contribution in [0.2, 0.25) is 0 Å². The molecule has 0 unspecified atom stereocenters. The number of sulfonamides is 1. The number of hydrogen-bond donors (Lipinski definition) is 2. The summed E-state index contributed by atoms with van der Waals surface area (Å²) in [5.41, 5.74) is 7.60. The number of nitrogens with two attached hydrogens (primary N) is 1. The average molecular weight is 389 g/mol. The number of nitrogens with one attached hydrogen (secondary N) is 1. The normalized spacial score (nSPS) is 11.8. The van der Waals surface area contributed by atoms with E-state index in [-0.39, 0.29) is 4.90 Å². The first-order valence-corrected chi connectivity index (χ1v) is 9.50. The largest absolute Gasteiger partial charge is 0.398 e. The van der Waals surface area contributed by atoms with Crippen LogP contribution in [0.3, 0.4) is 0 Å². The predicted molar refractivity (Wildman–Crippen MR) is 91.2 cm³/mol. The molecule has 0 aliphatic rings. The Balaban J connectivity index is 2.14. The van der Waals surface area contributed by atoms with Gasteiger partial charge in [-0.05, 0) is 65.5 Å². The Kier molecular flexibility index (Phi) is 5.08. The van der Waals surface area contributed by atoms with E-state index in [0.717, 1.165) is 8.66 Å². The zero-order valence-corrected chi connectivity index (χ0v) is 15.0. The van der Waals surface area contributed by atoms with E-state index in [0.29, 0.717) is 29.8 Å². The highest BCUT2D eigenvalue weighted by Crippen LogP contribution is 2.25. The third-order valence-corrected chi connectivity index (χ3v) is 6.64. The van der Waals surface area contributed by atoms with Gasteiger partial charge in [-0.15, -0.1) is 11.3 Å². The molecule has 7 heteroatoms. The van der Waals surface area contributed by atoms with E-state index in [1.165, 1.54) is 0 Å². The van der Waals surface area contributed by atoms with Crippen LogP contribution >= 0.6 is 27.3 Å². The molecule has 4 nitrogen and oxygen atoms in total. The minimum Gasteiger partial charge on any atom is -0.398 e. The summed E-state index contributed by atoms with van der Waals surface area (Å²) in [7, 11) is -3.54. The monoisotopic (exact) mass is 388 g/mol. The van der Waals surface area contributed by atoms with Gasteiger partial charge < -0.3 is 5.73 Å². The third-order valence-electron chi connectivity index (χ3n) is 3.21. The number of anilines is 1. The maximum absolute atomic E-state index is 12.4. The topological polar surface area (TPSA) is 72.2 Å². The smallest absolute Gasteiger partial charge is 0.241 e. The lowest BCUT2D eigenvalue weighted by Crippen LogP contribution is -2.27. The SMILES string of the molecule is Cc1ccc(N)c(C)c1S(=O)(=O)NCCc1ccc(Br)s1. The minimum atomic E-state index is -3.54. The molecule has 0 saturated carbocycles. The molecule has 0 aliphatic heterocycles. The Hall–Kier alpha value is -0.890. The maximum atomic E-state index is 12.4. The first-order chi connectivity index (χ1) is 9.81. The summed E-state index contributed by atoms with van der Waals surface area (Å²) in [5.74, 6) is 0. The molecule has 0 amide bonds. The van der Waals surface area contributed by atoms with E-state index in [1.54, 1.807) is 37.3 Å². The molecule has 114 valence electrons. The first kappa shape index (κ1) is 16.5. The van der Waals surface area contributed by atoms with Gasteiger partial charge in [0.15, 0.2) is 0 Å². The summed E-state index contributed by atoms with van der Waals surface area (Å²) < 4.78 is 28.6. The van der Waals surface area contributed by atoms with E-state index in [9.17, 15) is 8.42 Å². The lowest BCUT2D eigenvalue weighted by Gasteiger charge is -2.13. The van der Waals surface area contributed by atoms with Crippen LogP contribution < -0.4 is 10.5 Å². The van der Waals surface area contributed by atoms with E-state index >= 15 is 0 Å². The highest BCUT2D eigenvalue weighted by molar-refractivity contribution is 9.11. The lowest BCUT2D eigenvalue weighted by molar-refractivity contribution is 0.580. The van der Waals surface area contributed by atoms with E-state index < -0.39 is 10.0 Å². The predicted octanol–water partition coefficient (Wildman–Crippen LogP) is 3.23. The second-order valence-electron chi connectivity index (χ2n) is 4.78. The Labute approximate surface area is 137 Å². The Bertz CT molecular complexity index is 754. The van der Waals surface area contributed by atoms with Crippen molar-refractivity contribution >= 4 is 43.0 Å². The summed E-state index contributed by atoms with van der Waals surface area (Å²) in [6.45, 7) is 3.87. The minimum absolute atomic E-state index is 0.287. The van der Waals surface area contributed by atoms with Crippen LogP contribution in [0.15, 0.2) is 32.9 Å². The molecule has 2 aromatic rings. The molecule has 0 saturated heterocycles. The highest BCUT2D eigenvalue weighted by Gasteiger charge is 2.20. The summed E-state index contributed by atoms with van der Waals surface area (Å²) in [6.07, 6.45) is 0.663. The number of hydrogen-bond acceptors (Lipinski definition) is 4. The van der Waals surface area contributed by atoms with Crippen LogP contribution in [0, 0.1) is 13.8 Å². The van der Waals surface area contributed by atoms with Crippen LogP contribution in [0.5, 0.6) is 0 Å². The van der Waals surface area contributed by atoms with Crippen molar-refractivity contribution < 1.29 is 8.42 Å². The van der Waals surface area contributed by atoms with Crippen molar-refractivity contribution in [1.82, 2.24) is 4.72 Å². The molecule has 0 bridgehead atoms. The Morgan fingerprint density at radius 2 is 1.95 bits per heavy atom. The molecule has 0 aliphatic carbocycles. The fourth-order valence-corrected chi connectivity index (χ4v) is 5.13. The van der Waals surface area contributed by atoms with Crippen LogP contribution in [-0.4, -0.2) is 15.0 Å². The Morgan fingerprint density at radius 3 is 2.57 bits per heavy atom. The number of nitrogen functional groups attached to an aromatic ring is 1. The van der Waals surface area contributed by atoms with Crippen molar-refractivity contribution in [2.45, 2.75) is 25.2 Å². The van der Waals surface area contributed by atoms with E-state index in [2.05, 4.69) is 20.7 Å². The van der Waals surface area contributed by atoms with Gasteiger partial charge >= 0.3 is 0 Å². The van der Waals surface area contributed by atoms with Crippen molar-refractivity contribution in [3.05, 3.63) is 44.1 Å². The van der Waals surface area contributed by atoms with E-state index in [1.807, 2.05) is 12.1 Å². The Morgan fingerprint density at radius 1 is 1.24 bits per heavy atom. The van der Waals surface area contributed by atoms with Gasteiger partial charge in [-0.1, -0.05) is 6.07 Å². The number of rotatable bonds is 5. The molecule has 1 aromatic carbocycles. The number of thiophene rings is 1. The third kappa shape index (κ3) is 3.85. The molecule has 3 N–H and O–H groups in total. The van der Waals surface area contributed by atoms with Gasteiger partial charge in [0.2, 0.25) is 10.0 Å². The molecular weight excluding hydrogens is 372 g/mol. The molecule has 1 heterocycles. The zero-order chi connectivity index (χ0) is 15.6. The maximum Gasteiger partial charge on any atom is 0.241 e. The van der Waals surface area contributed by atoms with Gasteiger partial charge in [0.1, 0.15) is 0 Å². The molecule has 1 aromatic heterocycles. The molecule has 2 rings (SSSR count). The molecular formula is C14H17BrN2O2S2. The second-order valence-corrected chi connectivity index (χ2v) is 9.03. The lowest BCUT2D eigenvalue weighted by atomic mass is 10.1. The van der Waals surface area contributed by atoms with E-state index in [4.69, 9.17) is 5.73 Å². The van der Waals surface area contributed by atoms with Gasteiger partial charge in [-0.25, -0.2) is 13.1 Å². The van der Waals surface area contributed by atoms with Crippen LogP contribution in [0.25, 0.3) is 0 Å². The fourth-order valence-electron chi connectivity index (χ4n) is 2.12. The number of benzene rings is 1. The fraction of sp³-hybridized carbons (Fsp3) is 0.286. The quantitative estimate of drug-likeness (QED) is 0.772. The first-order valence-electron chi connectivity index (χ1n) is 6.41. The number of aryl methyl sites for hydroxylation is 1.